The molecule has 1 fully saturated rings. The highest BCUT2D eigenvalue weighted by molar-refractivity contribution is 7.09. The Hall–Kier alpha value is -1.83. The predicted molar refractivity (Wildman–Crippen MR) is 94.6 cm³/mol. The zero-order valence-corrected chi connectivity index (χ0v) is 15.0. The van der Waals surface area contributed by atoms with E-state index in [9.17, 15) is 14.3 Å². The molecule has 1 saturated heterocycles. The van der Waals surface area contributed by atoms with Crippen LogP contribution in [-0.4, -0.2) is 39.6 Å². The van der Waals surface area contributed by atoms with Crippen molar-refractivity contribution in [3.05, 3.63) is 51.7 Å². The molecule has 134 valence electrons. The zero-order chi connectivity index (χ0) is 17.9. The van der Waals surface area contributed by atoms with E-state index >= 15 is 0 Å². The first-order valence-electron chi connectivity index (χ1n) is 8.34. The lowest BCUT2D eigenvalue weighted by Crippen LogP contribution is -2.57. The van der Waals surface area contributed by atoms with E-state index < -0.39 is 5.60 Å². The topological polar surface area (TPSA) is 65.5 Å². The molecule has 0 saturated carbocycles. The molecule has 0 radical (unpaired) electrons. The number of thiazole rings is 1. The second-order valence-corrected chi connectivity index (χ2v) is 7.42. The summed E-state index contributed by atoms with van der Waals surface area (Å²) in [6, 6.07) is 6.10. The van der Waals surface area contributed by atoms with Crippen LogP contribution in [0.5, 0.6) is 0 Å². The predicted octanol–water partition coefficient (Wildman–Crippen LogP) is 2.23. The van der Waals surface area contributed by atoms with Crippen LogP contribution in [0.4, 0.5) is 4.39 Å². The molecule has 25 heavy (non-hydrogen) atoms. The Morgan fingerprint density at radius 3 is 2.84 bits per heavy atom. The molecule has 0 aliphatic carbocycles. The maximum atomic E-state index is 13.0. The molecule has 7 heteroatoms. The van der Waals surface area contributed by atoms with Crippen LogP contribution < -0.4 is 5.32 Å². The second-order valence-electron chi connectivity index (χ2n) is 6.47. The largest absolute Gasteiger partial charge is 0.379 e. The maximum Gasteiger partial charge on any atom is 0.256 e. The van der Waals surface area contributed by atoms with Crippen LogP contribution in [0.3, 0.4) is 0 Å². The number of carbonyl (C=O) groups is 1. The minimum Gasteiger partial charge on any atom is -0.379 e. The number of likely N-dealkylation sites (tertiary alicyclic amines) is 1. The van der Waals surface area contributed by atoms with Crippen molar-refractivity contribution in [1.29, 1.82) is 0 Å². The molecule has 2 N–H and O–H groups in total. The van der Waals surface area contributed by atoms with Gasteiger partial charge in [-0.3, -0.25) is 4.79 Å². The van der Waals surface area contributed by atoms with Crippen molar-refractivity contribution in [2.45, 2.75) is 38.5 Å². The van der Waals surface area contributed by atoms with Crippen LogP contribution in [-0.2, 0) is 17.9 Å². The minimum absolute atomic E-state index is 0.199. The lowest BCUT2D eigenvalue weighted by Gasteiger charge is -2.38. The summed E-state index contributed by atoms with van der Waals surface area (Å²) >= 11 is 1.56. The molecular weight excluding hydrogens is 341 g/mol. The molecule has 1 atom stereocenters. The number of benzene rings is 1. The Balaban J connectivity index is 1.58. The van der Waals surface area contributed by atoms with Crippen LogP contribution in [0.2, 0.25) is 0 Å². The van der Waals surface area contributed by atoms with Gasteiger partial charge in [0.2, 0.25) is 0 Å². The fourth-order valence-corrected chi connectivity index (χ4v) is 3.79. The zero-order valence-electron chi connectivity index (χ0n) is 14.2. The highest BCUT2D eigenvalue weighted by Crippen LogP contribution is 2.24. The van der Waals surface area contributed by atoms with Crippen LogP contribution in [0.15, 0.2) is 29.6 Å². The second kappa shape index (κ2) is 7.59. The van der Waals surface area contributed by atoms with Crippen molar-refractivity contribution >= 4 is 17.2 Å². The molecule has 1 aromatic carbocycles. The SMILES string of the molecule is Cc1csc(CNCC2(O)CCCN(Cc3ccc(F)cc3)C2=O)n1. The van der Waals surface area contributed by atoms with Gasteiger partial charge in [-0.05, 0) is 37.5 Å². The van der Waals surface area contributed by atoms with E-state index in [-0.39, 0.29) is 18.3 Å². The van der Waals surface area contributed by atoms with Gasteiger partial charge in [0.1, 0.15) is 10.8 Å². The highest BCUT2D eigenvalue weighted by Gasteiger charge is 2.41. The van der Waals surface area contributed by atoms with Crippen molar-refractivity contribution < 1.29 is 14.3 Å². The van der Waals surface area contributed by atoms with Crippen LogP contribution in [0.1, 0.15) is 29.1 Å². The molecule has 5 nitrogen and oxygen atoms in total. The first-order chi connectivity index (χ1) is 12.0. The lowest BCUT2D eigenvalue weighted by atomic mass is 9.91. The molecule has 0 spiro atoms. The Kier molecular flexibility index (Phi) is 5.46. The number of aliphatic hydroxyl groups is 1. The summed E-state index contributed by atoms with van der Waals surface area (Å²) in [6.45, 7) is 3.65. The van der Waals surface area contributed by atoms with Crippen molar-refractivity contribution in [1.82, 2.24) is 15.2 Å². The highest BCUT2D eigenvalue weighted by atomic mass is 32.1. The van der Waals surface area contributed by atoms with Gasteiger partial charge in [0.15, 0.2) is 5.60 Å². The molecule has 1 aliphatic heterocycles. The fourth-order valence-electron chi connectivity index (χ4n) is 3.05. The van der Waals surface area contributed by atoms with E-state index in [1.165, 1.54) is 12.1 Å². The van der Waals surface area contributed by atoms with Gasteiger partial charge in [0.25, 0.3) is 5.91 Å². The van der Waals surface area contributed by atoms with Crippen molar-refractivity contribution in [2.75, 3.05) is 13.1 Å². The van der Waals surface area contributed by atoms with Crippen LogP contribution in [0, 0.1) is 12.7 Å². The Morgan fingerprint density at radius 2 is 2.16 bits per heavy atom. The minimum atomic E-state index is -1.40. The van der Waals surface area contributed by atoms with Crippen molar-refractivity contribution in [3.63, 3.8) is 0 Å². The summed E-state index contributed by atoms with van der Waals surface area (Å²) in [7, 11) is 0. The molecule has 2 heterocycles. The quantitative estimate of drug-likeness (QED) is 0.826. The number of nitrogens with one attached hydrogen (secondary N) is 1. The first kappa shape index (κ1) is 18.0. The summed E-state index contributed by atoms with van der Waals surface area (Å²) < 4.78 is 13.0. The smallest absolute Gasteiger partial charge is 0.256 e. The van der Waals surface area contributed by atoms with Gasteiger partial charge < -0.3 is 15.3 Å². The van der Waals surface area contributed by atoms with E-state index in [1.807, 2.05) is 12.3 Å². The molecular formula is C18H22FN3O2S. The molecule has 1 amide bonds. The van der Waals surface area contributed by atoms with E-state index in [0.717, 1.165) is 22.7 Å². The molecule has 0 bridgehead atoms. The van der Waals surface area contributed by atoms with Gasteiger partial charge in [-0.2, -0.15) is 0 Å². The maximum absolute atomic E-state index is 13.0. The average molecular weight is 363 g/mol. The van der Waals surface area contributed by atoms with Crippen molar-refractivity contribution in [2.24, 2.45) is 0 Å². The van der Waals surface area contributed by atoms with Crippen LogP contribution >= 0.6 is 11.3 Å². The third-order valence-electron chi connectivity index (χ3n) is 4.35. The number of aryl methyl sites for hydroxylation is 1. The number of aromatic nitrogens is 1. The van der Waals surface area contributed by atoms with Gasteiger partial charge in [0.05, 0.1) is 0 Å². The molecule has 1 aliphatic rings. The third kappa shape index (κ3) is 4.42. The number of piperidine rings is 1. The molecule has 2 aromatic rings. The van der Waals surface area contributed by atoms with Gasteiger partial charge in [-0.15, -0.1) is 11.3 Å². The van der Waals surface area contributed by atoms with E-state index in [2.05, 4.69) is 10.3 Å². The van der Waals surface area contributed by atoms with E-state index in [4.69, 9.17) is 0 Å². The number of hydrogen-bond acceptors (Lipinski definition) is 5. The van der Waals surface area contributed by atoms with Crippen LogP contribution in [0.25, 0.3) is 0 Å². The van der Waals surface area contributed by atoms with E-state index in [1.54, 1.807) is 28.4 Å². The van der Waals surface area contributed by atoms with Gasteiger partial charge in [-0.1, -0.05) is 12.1 Å². The van der Waals surface area contributed by atoms with E-state index in [0.29, 0.717) is 26.1 Å². The summed E-state index contributed by atoms with van der Waals surface area (Å²) in [5, 5.41) is 16.8. The normalized spacial score (nSPS) is 20.9. The molecule has 1 unspecified atom stereocenters. The Labute approximate surface area is 150 Å². The molecule has 1 aromatic heterocycles. The number of carbonyl (C=O) groups excluding carboxylic acids is 1. The number of nitrogens with zero attached hydrogens (tertiary/aromatic N) is 2. The molecule has 3 rings (SSSR count). The van der Waals surface area contributed by atoms with Gasteiger partial charge in [-0.25, -0.2) is 9.37 Å². The summed E-state index contributed by atoms with van der Waals surface area (Å²) in [5.41, 5.74) is 0.426. The Morgan fingerprint density at radius 1 is 1.40 bits per heavy atom. The number of hydrogen-bond donors (Lipinski definition) is 2. The number of amides is 1. The van der Waals surface area contributed by atoms with Gasteiger partial charge in [0, 0.05) is 37.3 Å². The number of halogens is 1. The Bertz CT molecular complexity index is 734. The van der Waals surface area contributed by atoms with Gasteiger partial charge >= 0.3 is 0 Å². The summed E-state index contributed by atoms with van der Waals surface area (Å²) in [5.74, 6) is -0.572. The standard InChI is InChI=1S/C18H22FN3O2S/c1-13-11-25-16(21-13)9-20-12-18(24)7-2-8-22(17(18)23)10-14-3-5-15(19)6-4-14/h3-6,11,20,24H,2,7-10,12H2,1H3. The first-order valence-corrected chi connectivity index (χ1v) is 9.22. The third-order valence-corrected chi connectivity index (χ3v) is 5.32. The summed E-state index contributed by atoms with van der Waals surface area (Å²) in [6.07, 6.45) is 1.18. The van der Waals surface area contributed by atoms with Crippen molar-refractivity contribution in [3.8, 4) is 0 Å². The number of rotatable bonds is 6. The lowest BCUT2D eigenvalue weighted by molar-refractivity contribution is -0.157. The monoisotopic (exact) mass is 363 g/mol. The average Bonchev–Trinajstić information content (AvgIpc) is 2.99. The summed E-state index contributed by atoms with van der Waals surface area (Å²) in [4.78, 5) is 18.7. The fraction of sp³-hybridized carbons (Fsp3) is 0.444.